The predicted octanol–water partition coefficient (Wildman–Crippen LogP) is 0.927. The Morgan fingerprint density at radius 1 is 1.38 bits per heavy atom. The Morgan fingerprint density at radius 2 is 2.05 bits per heavy atom. The molecule has 1 aromatic heterocycles. The van der Waals surface area contributed by atoms with Gasteiger partial charge in [-0.2, -0.15) is 5.10 Å². The van der Waals surface area contributed by atoms with Gasteiger partial charge in [0.1, 0.15) is 10.7 Å². The van der Waals surface area contributed by atoms with Gasteiger partial charge in [-0.3, -0.25) is 14.7 Å². The number of aromatic amines is 1. The van der Waals surface area contributed by atoms with Crippen LogP contribution in [0.5, 0.6) is 0 Å². The summed E-state index contributed by atoms with van der Waals surface area (Å²) >= 11 is 5.87. The fraction of sp³-hybridized carbons (Fsp3) is 0.615. The second-order valence-corrected chi connectivity index (χ2v) is 5.72. The van der Waals surface area contributed by atoms with E-state index >= 15 is 0 Å². The summed E-state index contributed by atoms with van der Waals surface area (Å²) in [6, 6.07) is 0. The Morgan fingerprint density at radius 3 is 2.57 bits per heavy atom. The lowest BCUT2D eigenvalue weighted by Gasteiger charge is -2.27. The highest BCUT2D eigenvalue weighted by Crippen LogP contribution is 2.28. The normalized spacial score (nSPS) is 21.8. The van der Waals surface area contributed by atoms with Crippen molar-refractivity contribution in [2.75, 3.05) is 19.3 Å². The number of carbonyl (C=O) groups is 2. The van der Waals surface area contributed by atoms with Gasteiger partial charge in [-0.05, 0) is 31.6 Å². The molecule has 2 rings (SSSR count). The number of nitrogens with one attached hydrogen (secondary N) is 3. The minimum absolute atomic E-state index is 0.101. The van der Waals surface area contributed by atoms with E-state index in [0.29, 0.717) is 12.5 Å². The first kappa shape index (κ1) is 15.6. The smallest absolute Gasteiger partial charge is 0.270 e. The average Bonchev–Trinajstić information content (AvgIpc) is 2.84. The standard InChI is InChI=1S/C13H20ClN5O2/c1-16-12(20)8-4-2-7(3-5-8)6-17-13(21)10-9(14)11(15)19-18-10/h7-8H,2-6H2,1H3,(H,16,20)(H,17,21)(H3,15,18,19). The zero-order chi connectivity index (χ0) is 15.4. The number of aromatic nitrogens is 2. The summed E-state index contributed by atoms with van der Waals surface area (Å²) in [7, 11) is 1.66. The minimum Gasteiger partial charge on any atom is -0.381 e. The van der Waals surface area contributed by atoms with Crippen molar-refractivity contribution >= 4 is 29.2 Å². The Labute approximate surface area is 128 Å². The van der Waals surface area contributed by atoms with Crippen LogP contribution >= 0.6 is 11.6 Å². The van der Waals surface area contributed by atoms with Gasteiger partial charge < -0.3 is 16.4 Å². The second-order valence-electron chi connectivity index (χ2n) is 5.34. The summed E-state index contributed by atoms with van der Waals surface area (Å²) in [5.41, 5.74) is 5.67. The summed E-state index contributed by atoms with van der Waals surface area (Å²) in [5, 5.41) is 11.9. The molecule has 0 atom stereocenters. The predicted molar refractivity (Wildman–Crippen MR) is 79.9 cm³/mol. The van der Waals surface area contributed by atoms with Gasteiger partial charge >= 0.3 is 0 Å². The van der Waals surface area contributed by atoms with Crippen molar-refractivity contribution in [2.45, 2.75) is 25.7 Å². The van der Waals surface area contributed by atoms with Gasteiger partial charge in [-0.15, -0.1) is 0 Å². The van der Waals surface area contributed by atoms with E-state index in [1.807, 2.05) is 0 Å². The van der Waals surface area contributed by atoms with E-state index in [4.69, 9.17) is 17.3 Å². The van der Waals surface area contributed by atoms with Crippen LogP contribution in [-0.2, 0) is 4.79 Å². The fourth-order valence-electron chi connectivity index (χ4n) is 2.65. The molecule has 1 heterocycles. The molecule has 8 heteroatoms. The van der Waals surface area contributed by atoms with E-state index in [2.05, 4.69) is 20.8 Å². The van der Waals surface area contributed by atoms with Crippen LogP contribution in [0.2, 0.25) is 5.02 Å². The Bertz CT molecular complexity index is 523. The number of anilines is 1. The van der Waals surface area contributed by atoms with E-state index in [1.54, 1.807) is 7.05 Å². The maximum absolute atomic E-state index is 12.0. The van der Waals surface area contributed by atoms with Gasteiger partial charge in [0.2, 0.25) is 5.91 Å². The summed E-state index contributed by atoms with van der Waals surface area (Å²) < 4.78 is 0. The molecule has 0 radical (unpaired) electrons. The third-order valence-corrected chi connectivity index (χ3v) is 4.36. The summed E-state index contributed by atoms with van der Waals surface area (Å²) in [6.07, 6.45) is 3.57. The molecule has 1 aliphatic carbocycles. The molecule has 1 aromatic rings. The summed E-state index contributed by atoms with van der Waals surface area (Å²) in [4.78, 5) is 23.5. The zero-order valence-corrected chi connectivity index (χ0v) is 12.7. The first-order valence-corrected chi connectivity index (χ1v) is 7.39. The van der Waals surface area contributed by atoms with Crippen molar-refractivity contribution in [3.05, 3.63) is 10.7 Å². The molecule has 21 heavy (non-hydrogen) atoms. The maximum atomic E-state index is 12.0. The van der Waals surface area contributed by atoms with Crippen molar-refractivity contribution in [3.8, 4) is 0 Å². The van der Waals surface area contributed by atoms with Gasteiger partial charge in [-0.25, -0.2) is 0 Å². The number of nitrogens with two attached hydrogens (primary N) is 1. The third-order valence-electron chi connectivity index (χ3n) is 3.97. The largest absolute Gasteiger partial charge is 0.381 e. The van der Waals surface area contributed by atoms with Crippen molar-refractivity contribution in [1.29, 1.82) is 0 Å². The minimum atomic E-state index is -0.308. The molecule has 116 valence electrons. The number of nitrogens with zero attached hydrogens (tertiary/aromatic N) is 1. The number of hydrogen-bond acceptors (Lipinski definition) is 4. The van der Waals surface area contributed by atoms with Crippen LogP contribution in [-0.4, -0.2) is 35.6 Å². The topological polar surface area (TPSA) is 113 Å². The molecule has 0 saturated heterocycles. The second kappa shape index (κ2) is 6.80. The SMILES string of the molecule is CNC(=O)C1CCC(CNC(=O)c2[nH]nc(N)c2Cl)CC1. The average molecular weight is 314 g/mol. The molecular formula is C13H20ClN5O2. The van der Waals surface area contributed by atoms with Crippen LogP contribution in [0.4, 0.5) is 5.82 Å². The molecule has 5 N–H and O–H groups in total. The maximum Gasteiger partial charge on any atom is 0.270 e. The van der Waals surface area contributed by atoms with Crippen molar-refractivity contribution in [3.63, 3.8) is 0 Å². The van der Waals surface area contributed by atoms with Crippen LogP contribution in [0.1, 0.15) is 36.2 Å². The highest BCUT2D eigenvalue weighted by molar-refractivity contribution is 6.35. The lowest BCUT2D eigenvalue weighted by molar-refractivity contribution is -0.125. The quantitative estimate of drug-likeness (QED) is 0.662. The Hall–Kier alpha value is -1.76. The van der Waals surface area contributed by atoms with Crippen LogP contribution in [0, 0.1) is 11.8 Å². The first-order chi connectivity index (χ1) is 10.0. The van der Waals surface area contributed by atoms with Gasteiger partial charge in [0, 0.05) is 19.5 Å². The molecule has 0 bridgehead atoms. The van der Waals surface area contributed by atoms with Crippen LogP contribution < -0.4 is 16.4 Å². The number of hydrogen-bond donors (Lipinski definition) is 4. The molecule has 0 spiro atoms. The van der Waals surface area contributed by atoms with E-state index in [9.17, 15) is 9.59 Å². The Balaban J connectivity index is 1.78. The first-order valence-electron chi connectivity index (χ1n) is 7.02. The Kier molecular flexibility index (Phi) is 5.06. The summed E-state index contributed by atoms with van der Waals surface area (Å²) in [5.74, 6) is 0.403. The highest BCUT2D eigenvalue weighted by atomic mass is 35.5. The van der Waals surface area contributed by atoms with Crippen LogP contribution in [0.15, 0.2) is 0 Å². The molecule has 2 amide bonds. The van der Waals surface area contributed by atoms with Gasteiger partial charge in [0.05, 0.1) is 0 Å². The van der Waals surface area contributed by atoms with E-state index in [1.165, 1.54) is 0 Å². The molecule has 1 aliphatic rings. The molecule has 1 fully saturated rings. The number of halogens is 1. The van der Waals surface area contributed by atoms with E-state index < -0.39 is 0 Å². The van der Waals surface area contributed by atoms with Crippen molar-refractivity contribution in [2.24, 2.45) is 11.8 Å². The lowest BCUT2D eigenvalue weighted by Crippen LogP contribution is -2.35. The lowest BCUT2D eigenvalue weighted by atomic mass is 9.81. The number of rotatable bonds is 4. The molecule has 0 aliphatic heterocycles. The van der Waals surface area contributed by atoms with E-state index in [0.717, 1.165) is 25.7 Å². The van der Waals surface area contributed by atoms with Crippen molar-refractivity contribution < 1.29 is 9.59 Å². The summed E-state index contributed by atoms with van der Waals surface area (Å²) in [6.45, 7) is 0.564. The van der Waals surface area contributed by atoms with Crippen molar-refractivity contribution in [1.82, 2.24) is 20.8 Å². The van der Waals surface area contributed by atoms with Crippen LogP contribution in [0.25, 0.3) is 0 Å². The fourth-order valence-corrected chi connectivity index (χ4v) is 2.82. The number of H-pyrrole nitrogens is 1. The van der Waals surface area contributed by atoms with E-state index in [-0.39, 0.29) is 34.3 Å². The van der Waals surface area contributed by atoms with Crippen LogP contribution in [0.3, 0.4) is 0 Å². The molecule has 0 aromatic carbocycles. The molecule has 7 nitrogen and oxygen atoms in total. The number of carbonyl (C=O) groups excluding carboxylic acids is 2. The third kappa shape index (κ3) is 3.66. The molecule has 0 unspecified atom stereocenters. The molecular weight excluding hydrogens is 294 g/mol. The number of amides is 2. The zero-order valence-electron chi connectivity index (χ0n) is 11.9. The van der Waals surface area contributed by atoms with Gasteiger partial charge in [0.15, 0.2) is 5.82 Å². The van der Waals surface area contributed by atoms with Gasteiger partial charge in [0.25, 0.3) is 5.91 Å². The van der Waals surface area contributed by atoms with Gasteiger partial charge in [-0.1, -0.05) is 11.6 Å². The number of nitrogen functional groups attached to an aromatic ring is 1. The molecule has 1 saturated carbocycles. The highest BCUT2D eigenvalue weighted by Gasteiger charge is 2.26. The monoisotopic (exact) mass is 313 g/mol.